The second-order valence-electron chi connectivity index (χ2n) is 6.23. The number of hydrogen-bond acceptors (Lipinski definition) is 5. The molecule has 10 heteroatoms. The zero-order valence-corrected chi connectivity index (χ0v) is 16.4. The van der Waals surface area contributed by atoms with Gasteiger partial charge in [-0.2, -0.15) is 0 Å². The first kappa shape index (κ1) is 19.3. The third kappa shape index (κ3) is 4.43. The van der Waals surface area contributed by atoms with Gasteiger partial charge in [0.05, 0.1) is 17.0 Å². The van der Waals surface area contributed by atoms with Crippen LogP contribution >= 0.6 is 15.9 Å². The Bertz CT molecular complexity index is 801. The van der Waals surface area contributed by atoms with Gasteiger partial charge < -0.3 is 15.0 Å². The summed E-state index contributed by atoms with van der Waals surface area (Å²) in [6.45, 7) is 0.987. The highest BCUT2D eigenvalue weighted by atomic mass is 79.9. The first-order valence-corrected chi connectivity index (χ1v) is 10.6. The zero-order valence-electron chi connectivity index (χ0n) is 14.0. The highest BCUT2D eigenvalue weighted by molar-refractivity contribution is 9.10. The minimum Gasteiger partial charge on any atom is -0.366 e. The molecule has 1 aromatic carbocycles. The summed E-state index contributed by atoms with van der Waals surface area (Å²) in [5.74, 6) is -0.333. The van der Waals surface area contributed by atoms with E-state index in [1.165, 1.54) is 6.07 Å². The van der Waals surface area contributed by atoms with Gasteiger partial charge in [-0.15, -0.1) is 0 Å². The molecule has 2 aliphatic rings. The Hall–Kier alpha value is -1.49. The van der Waals surface area contributed by atoms with Crippen molar-refractivity contribution < 1.29 is 22.7 Å². The first-order chi connectivity index (χ1) is 12.4. The average molecular weight is 446 g/mol. The molecule has 26 heavy (non-hydrogen) atoms. The summed E-state index contributed by atoms with van der Waals surface area (Å²) >= 11 is 3.21. The number of amides is 2. The monoisotopic (exact) mass is 445 g/mol. The molecule has 0 aliphatic carbocycles. The van der Waals surface area contributed by atoms with Crippen molar-refractivity contribution in [3.8, 4) is 0 Å². The summed E-state index contributed by atoms with van der Waals surface area (Å²) < 4.78 is 33.0. The van der Waals surface area contributed by atoms with Crippen LogP contribution in [0.3, 0.4) is 0 Å². The number of carbonyl (C=O) groups excluding carboxylic acids is 2. The number of morpholine rings is 1. The van der Waals surface area contributed by atoms with E-state index < -0.39 is 10.0 Å². The number of fused-ring (bicyclic) bond motifs is 1. The summed E-state index contributed by atoms with van der Waals surface area (Å²) in [6.07, 6.45) is 0.639. The van der Waals surface area contributed by atoms with Gasteiger partial charge in [-0.1, -0.05) is 12.1 Å². The number of carbonyl (C=O) groups is 2. The third-order valence-electron chi connectivity index (χ3n) is 4.43. The van der Waals surface area contributed by atoms with Crippen LogP contribution in [-0.4, -0.2) is 63.5 Å². The first-order valence-electron chi connectivity index (χ1n) is 8.30. The molecule has 3 rings (SSSR count). The second kappa shape index (κ2) is 8.03. The van der Waals surface area contributed by atoms with Crippen LogP contribution in [0.25, 0.3) is 0 Å². The Balaban J connectivity index is 1.51. The van der Waals surface area contributed by atoms with Crippen molar-refractivity contribution in [3.63, 3.8) is 0 Å². The van der Waals surface area contributed by atoms with Crippen molar-refractivity contribution in [3.05, 3.63) is 28.7 Å². The van der Waals surface area contributed by atoms with E-state index in [4.69, 9.17) is 4.74 Å². The molecule has 2 amide bonds. The SMILES string of the molecule is O=C1CO[C@@H]2CCN(C(=O)CCNS(=O)(=O)c3ccccc3Br)C[C@@H]2N1. The van der Waals surface area contributed by atoms with E-state index in [1.807, 2.05) is 0 Å². The van der Waals surface area contributed by atoms with Gasteiger partial charge >= 0.3 is 0 Å². The smallest absolute Gasteiger partial charge is 0.246 e. The molecule has 2 heterocycles. The van der Waals surface area contributed by atoms with Gasteiger partial charge in [-0.3, -0.25) is 9.59 Å². The molecule has 0 saturated carbocycles. The zero-order chi connectivity index (χ0) is 18.7. The summed E-state index contributed by atoms with van der Waals surface area (Å²) in [7, 11) is -3.69. The molecule has 0 bridgehead atoms. The Labute approximate surface area is 160 Å². The van der Waals surface area contributed by atoms with Gasteiger partial charge in [-0.05, 0) is 34.5 Å². The number of ether oxygens (including phenoxy) is 1. The maximum atomic E-state index is 12.4. The van der Waals surface area contributed by atoms with Crippen molar-refractivity contribution in [2.24, 2.45) is 0 Å². The lowest BCUT2D eigenvalue weighted by atomic mass is 10.0. The molecule has 2 N–H and O–H groups in total. The van der Waals surface area contributed by atoms with Crippen LogP contribution < -0.4 is 10.0 Å². The molecule has 0 unspecified atom stereocenters. The van der Waals surface area contributed by atoms with Gasteiger partial charge in [0.15, 0.2) is 0 Å². The van der Waals surface area contributed by atoms with Crippen molar-refractivity contribution in [1.82, 2.24) is 14.9 Å². The molecule has 2 aliphatic heterocycles. The predicted molar refractivity (Wildman–Crippen MR) is 96.8 cm³/mol. The number of nitrogens with zero attached hydrogens (tertiary/aromatic N) is 1. The molecular weight excluding hydrogens is 426 g/mol. The van der Waals surface area contributed by atoms with Crippen LogP contribution in [0.4, 0.5) is 0 Å². The number of nitrogens with one attached hydrogen (secondary N) is 2. The van der Waals surface area contributed by atoms with Crippen LogP contribution in [0.15, 0.2) is 33.6 Å². The number of rotatable bonds is 5. The maximum Gasteiger partial charge on any atom is 0.246 e. The van der Waals surface area contributed by atoms with E-state index in [0.717, 1.165) is 0 Å². The van der Waals surface area contributed by atoms with E-state index in [2.05, 4.69) is 26.0 Å². The Morgan fingerprint density at radius 3 is 2.92 bits per heavy atom. The van der Waals surface area contributed by atoms with Crippen molar-refractivity contribution in [2.75, 3.05) is 26.2 Å². The molecule has 2 saturated heterocycles. The van der Waals surface area contributed by atoms with Crippen LogP contribution in [-0.2, 0) is 24.3 Å². The Kier molecular flexibility index (Phi) is 5.96. The standard InChI is InChI=1S/C16H20BrN3O5S/c17-11-3-1-2-4-14(11)26(23,24)18-7-5-16(22)20-8-6-13-12(9-20)19-15(21)10-25-13/h1-4,12-13,18H,5-10H2,(H,19,21)/t12-,13+/m0/s1. The largest absolute Gasteiger partial charge is 0.366 e. The molecule has 142 valence electrons. The van der Waals surface area contributed by atoms with E-state index in [9.17, 15) is 18.0 Å². The van der Waals surface area contributed by atoms with E-state index >= 15 is 0 Å². The van der Waals surface area contributed by atoms with E-state index in [1.54, 1.807) is 23.1 Å². The number of hydrogen-bond donors (Lipinski definition) is 2. The van der Waals surface area contributed by atoms with Gasteiger partial charge in [-0.25, -0.2) is 13.1 Å². The summed E-state index contributed by atoms with van der Waals surface area (Å²) in [6, 6.07) is 6.29. The Morgan fingerprint density at radius 2 is 2.15 bits per heavy atom. The quantitative estimate of drug-likeness (QED) is 0.674. The minimum absolute atomic E-state index is 0.00988. The summed E-state index contributed by atoms with van der Waals surface area (Å²) in [4.78, 5) is 25.6. The molecular formula is C16H20BrN3O5S. The van der Waals surface area contributed by atoms with Crippen LogP contribution in [0.2, 0.25) is 0 Å². The van der Waals surface area contributed by atoms with E-state index in [-0.39, 0.29) is 48.4 Å². The minimum atomic E-state index is -3.69. The topological polar surface area (TPSA) is 105 Å². The maximum absolute atomic E-state index is 12.4. The van der Waals surface area contributed by atoms with Gasteiger partial charge in [0.2, 0.25) is 21.8 Å². The highest BCUT2D eigenvalue weighted by Gasteiger charge is 2.36. The number of benzene rings is 1. The van der Waals surface area contributed by atoms with Gasteiger partial charge in [0.25, 0.3) is 0 Å². The summed E-state index contributed by atoms with van der Waals surface area (Å²) in [5.41, 5.74) is 0. The fourth-order valence-electron chi connectivity index (χ4n) is 3.12. The fraction of sp³-hybridized carbons (Fsp3) is 0.500. The van der Waals surface area contributed by atoms with Crippen molar-refractivity contribution >= 4 is 37.8 Å². The number of piperidine rings is 1. The van der Waals surface area contributed by atoms with E-state index in [0.29, 0.717) is 24.0 Å². The summed E-state index contributed by atoms with van der Waals surface area (Å²) in [5, 5.41) is 2.84. The van der Waals surface area contributed by atoms with Gasteiger partial charge in [0, 0.05) is 30.5 Å². The number of halogens is 1. The lowest BCUT2D eigenvalue weighted by Gasteiger charge is -2.41. The highest BCUT2D eigenvalue weighted by Crippen LogP contribution is 2.21. The number of sulfonamides is 1. The molecule has 2 atom stereocenters. The molecule has 0 spiro atoms. The Morgan fingerprint density at radius 1 is 1.38 bits per heavy atom. The average Bonchev–Trinajstić information content (AvgIpc) is 2.61. The molecule has 0 aromatic heterocycles. The predicted octanol–water partition coefficient (Wildman–Crippen LogP) is 0.233. The second-order valence-corrected chi connectivity index (χ2v) is 8.82. The fourth-order valence-corrected chi connectivity index (χ4v) is 5.15. The molecule has 0 radical (unpaired) electrons. The van der Waals surface area contributed by atoms with Crippen LogP contribution in [0.5, 0.6) is 0 Å². The van der Waals surface area contributed by atoms with Crippen LogP contribution in [0.1, 0.15) is 12.8 Å². The molecule has 1 aromatic rings. The molecule has 8 nitrogen and oxygen atoms in total. The lowest BCUT2D eigenvalue weighted by molar-refractivity contribution is -0.146. The normalized spacial score (nSPS) is 23.3. The van der Waals surface area contributed by atoms with Crippen LogP contribution in [0, 0.1) is 0 Å². The number of likely N-dealkylation sites (tertiary alicyclic amines) is 1. The van der Waals surface area contributed by atoms with Crippen molar-refractivity contribution in [2.45, 2.75) is 29.9 Å². The van der Waals surface area contributed by atoms with Crippen molar-refractivity contribution in [1.29, 1.82) is 0 Å². The lowest BCUT2D eigenvalue weighted by Crippen LogP contribution is -2.61. The molecule has 2 fully saturated rings. The third-order valence-corrected chi connectivity index (χ3v) is 6.91. The van der Waals surface area contributed by atoms with Gasteiger partial charge in [0.1, 0.15) is 6.61 Å².